The first-order valence-corrected chi connectivity index (χ1v) is 11.4. The van der Waals surface area contributed by atoms with Crippen molar-refractivity contribution in [2.75, 3.05) is 5.75 Å². The van der Waals surface area contributed by atoms with Crippen LogP contribution in [0.4, 0.5) is 0 Å². The highest BCUT2D eigenvalue weighted by Gasteiger charge is 2.28. The number of nitrogens with zero attached hydrogens (tertiary/aromatic N) is 4. The van der Waals surface area contributed by atoms with Crippen molar-refractivity contribution in [1.82, 2.24) is 24.5 Å². The normalized spacial score (nSPS) is 21.7. The molecule has 1 amide bonds. The molecule has 1 aromatic carbocycles. The fraction of sp³-hybridized carbons (Fsp3) is 0.455. The number of para-hydroxylation sites is 1. The molecule has 2 aromatic heterocycles. The van der Waals surface area contributed by atoms with Crippen LogP contribution < -0.4 is 10.9 Å². The molecule has 158 valence electrons. The molecule has 7 nitrogen and oxygen atoms in total. The van der Waals surface area contributed by atoms with Crippen molar-refractivity contribution in [2.24, 2.45) is 11.8 Å². The number of carbonyl (C=O) groups is 1. The number of thioether (sulfide) groups is 1. The summed E-state index contributed by atoms with van der Waals surface area (Å²) < 4.78 is 3.40. The van der Waals surface area contributed by atoms with Crippen molar-refractivity contribution in [3.8, 4) is 0 Å². The van der Waals surface area contributed by atoms with Gasteiger partial charge in [-0.25, -0.2) is 0 Å². The van der Waals surface area contributed by atoms with Gasteiger partial charge in [-0.3, -0.25) is 18.6 Å². The molecule has 0 bridgehead atoms. The largest absolute Gasteiger partial charge is 0.352 e. The van der Waals surface area contributed by atoms with E-state index in [1.165, 1.54) is 18.2 Å². The van der Waals surface area contributed by atoms with Crippen molar-refractivity contribution < 1.29 is 4.79 Å². The summed E-state index contributed by atoms with van der Waals surface area (Å²) in [5, 5.41) is 12.9. The molecule has 0 unspecified atom stereocenters. The molecular weight excluding hydrogens is 398 g/mol. The van der Waals surface area contributed by atoms with Crippen LogP contribution in [0.5, 0.6) is 0 Å². The van der Waals surface area contributed by atoms with Crippen LogP contribution in [0, 0.1) is 11.8 Å². The maximum Gasteiger partial charge on any atom is 0.263 e. The standard InChI is InChI=1S/C22H27N5O2S/c1-4-12-26-20(29)16-9-5-6-11-18(16)27-21(26)24-25-22(27)30-13-19(28)23-17-10-7-8-14(2)15(17)3/h4-6,9,11,14-15,17H,1,7-8,10,12-13H2,2-3H3,(H,23,28)/t14-,15-,17-/m1/s1. The van der Waals surface area contributed by atoms with E-state index in [1.807, 2.05) is 22.6 Å². The third kappa shape index (κ3) is 3.76. The number of benzene rings is 1. The Morgan fingerprint density at radius 2 is 2.10 bits per heavy atom. The average Bonchev–Trinajstić information content (AvgIpc) is 3.17. The van der Waals surface area contributed by atoms with Gasteiger partial charge in [-0.1, -0.05) is 56.7 Å². The van der Waals surface area contributed by atoms with Crippen molar-refractivity contribution in [3.63, 3.8) is 0 Å². The number of allylic oxidation sites excluding steroid dienone is 1. The van der Waals surface area contributed by atoms with Gasteiger partial charge in [-0.2, -0.15) is 0 Å². The van der Waals surface area contributed by atoms with Crippen LogP contribution in [0.2, 0.25) is 0 Å². The third-order valence-corrected chi connectivity index (χ3v) is 7.10. The van der Waals surface area contributed by atoms with Gasteiger partial charge in [0, 0.05) is 12.6 Å². The van der Waals surface area contributed by atoms with Crippen LogP contribution in [-0.4, -0.2) is 36.9 Å². The summed E-state index contributed by atoms with van der Waals surface area (Å²) in [6, 6.07) is 7.62. The summed E-state index contributed by atoms with van der Waals surface area (Å²) in [6.07, 6.45) is 5.09. The number of aromatic nitrogens is 4. The SMILES string of the molecule is C=CCn1c(=O)c2ccccc2n2c(SCC(=O)N[C@@H]3CCC[C@@H](C)[C@H]3C)nnc12. The molecule has 0 radical (unpaired) electrons. The molecule has 8 heteroatoms. The molecule has 30 heavy (non-hydrogen) atoms. The molecule has 0 aliphatic heterocycles. The predicted octanol–water partition coefficient (Wildman–Crippen LogP) is 3.26. The van der Waals surface area contributed by atoms with Gasteiger partial charge in [-0.15, -0.1) is 16.8 Å². The van der Waals surface area contributed by atoms with Crippen molar-refractivity contribution in [3.05, 3.63) is 47.3 Å². The number of hydrogen-bond acceptors (Lipinski definition) is 5. The van der Waals surface area contributed by atoms with E-state index in [4.69, 9.17) is 0 Å². The second-order valence-corrected chi connectivity index (χ2v) is 9.01. The first-order chi connectivity index (χ1) is 14.5. The molecule has 1 N–H and O–H groups in total. The van der Waals surface area contributed by atoms with E-state index in [0.717, 1.165) is 18.4 Å². The summed E-state index contributed by atoms with van der Waals surface area (Å²) in [7, 11) is 0. The van der Waals surface area contributed by atoms with E-state index in [0.29, 0.717) is 34.7 Å². The van der Waals surface area contributed by atoms with E-state index in [9.17, 15) is 9.59 Å². The minimum Gasteiger partial charge on any atom is -0.352 e. The molecule has 0 saturated heterocycles. The van der Waals surface area contributed by atoms with E-state index in [2.05, 4.69) is 35.9 Å². The summed E-state index contributed by atoms with van der Waals surface area (Å²) in [5.74, 6) is 1.83. The zero-order valence-electron chi connectivity index (χ0n) is 17.4. The molecule has 1 fully saturated rings. The summed E-state index contributed by atoms with van der Waals surface area (Å²) >= 11 is 1.34. The van der Waals surface area contributed by atoms with Crippen LogP contribution >= 0.6 is 11.8 Å². The Morgan fingerprint density at radius 3 is 2.90 bits per heavy atom. The van der Waals surface area contributed by atoms with E-state index in [1.54, 1.807) is 16.7 Å². The van der Waals surface area contributed by atoms with Gasteiger partial charge in [0.05, 0.1) is 16.7 Å². The Labute approximate surface area is 179 Å². The van der Waals surface area contributed by atoms with E-state index >= 15 is 0 Å². The topological polar surface area (TPSA) is 81.3 Å². The summed E-state index contributed by atoms with van der Waals surface area (Å²) in [5.41, 5.74) is 0.612. The Morgan fingerprint density at radius 1 is 1.30 bits per heavy atom. The second-order valence-electron chi connectivity index (χ2n) is 8.07. The number of nitrogens with one attached hydrogen (secondary N) is 1. The average molecular weight is 426 g/mol. The van der Waals surface area contributed by atoms with Crippen molar-refractivity contribution >= 4 is 34.3 Å². The van der Waals surface area contributed by atoms with Gasteiger partial charge in [0.25, 0.3) is 5.56 Å². The minimum atomic E-state index is -0.125. The van der Waals surface area contributed by atoms with Gasteiger partial charge in [0.1, 0.15) is 0 Å². The van der Waals surface area contributed by atoms with Crippen molar-refractivity contribution in [1.29, 1.82) is 0 Å². The van der Waals surface area contributed by atoms with Crippen LogP contribution in [0.3, 0.4) is 0 Å². The van der Waals surface area contributed by atoms with Gasteiger partial charge in [0.2, 0.25) is 11.7 Å². The van der Waals surface area contributed by atoms with E-state index < -0.39 is 0 Å². The Kier molecular flexibility index (Phi) is 5.94. The molecule has 3 atom stereocenters. The monoisotopic (exact) mass is 425 g/mol. The van der Waals surface area contributed by atoms with Gasteiger partial charge < -0.3 is 5.32 Å². The van der Waals surface area contributed by atoms with Gasteiger partial charge in [0.15, 0.2) is 5.16 Å². The maximum atomic E-state index is 12.8. The zero-order valence-corrected chi connectivity index (χ0v) is 18.2. The van der Waals surface area contributed by atoms with Crippen LogP contribution in [-0.2, 0) is 11.3 Å². The highest BCUT2D eigenvalue weighted by atomic mass is 32.2. The molecule has 4 rings (SSSR count). The molecule has 0 spiro atoms. The highest BCUT2D eigenvalue weighted by molar-refractivity contribution is 7.99. The molecule has 1 saturated carbocycles. The lowest BCUT2D eigenvalue weighted by molar-refractivity contribution is -0.120. The molecule has 3 aromatic rings. The molecule has 2 heterocycles. The Balaban J connectivity index is 1.60. The highest BCUT2D eigenvalue weighted by Crippen LogP contribution is 2.29. The number of carbonyl (C=O) groups excluding carboxylic acids is 1. The third-order valence-electron chi connectivity index (χ3n) is 6.18. The van der Waals surface area contributed by atoms with Gasteiger partial charge in [-0.05, 0) is 30.4 Å². The number of amides is 1. The number of rotatable bonds is 6. The fourth-order valence-electron chi connectivity index (χ4n) is 4.28. The molecular formula is C22H27N5O2S. The first kappa shape index (κ1) is 20.7. The van der Waals surface area contributed by atoms with Crippen LogP contribution in [0.15, 0.2) is 46.9 Å². The van der Waals surface area contributed by atoms with Gasteiger partial charge >= 0.3 is 0 Å². The summed E-state index contributed by atoms with van der Waals surface area (Å²) in [6.45, 7) is 8.56. The van der Waals surface area contributed by atoms with E-state index in [-0.39, 0.29) is 23.3 Å². The second kappa shape index (κ2) is 8.63. The summed E-state index contributed by atoms with van der Waals surface area (Å²) in [4.78, 5) is 25.5. The molecule has 1 aliphatic rings. The molecule has 1 aliphatic carbocycles. The lowest BCUT2D eigenvalue weighted by atomic mass is 9.78. The van der Waals surface area contributed by atoms with Crippen LogP contribution in [0.25, 0.3) is 16.7 Å². The number of hydrogen-bond donors (Lipinski definition) is 1. The predicted molar refractivity (Wildman–Crippen MR) is 120 cm³/mol. The Bertz CT molecular complexity index is 1150. The quantitative estimate of drug-likeness (QED) is 0.484. The van der Waals surface area contributed by atoms with Crippen LogP contribution in [0.1, 0.15) is 33.1 Å². The lowest BCUT2D eigenvalue weighted by Gasteiger charge is -2.34. The maximum absolute atomic E-state index is 12.8. The fourth-order valence-corrected chi connectivity index (χ4v) is 5.04. The van der Waals surface area contributed by atoms with Crippen molar-refractivity contribution in [2.45, 2.75) is 50.9 Å². The minimum absolute atomic E-state index is 0.00594. The zero-order chi connectivity index (χ0) is 21.3. The first-order valence-electron chi connectivity index (χ1n) is 10.4. The number of fused-ring (bicyclic) bond motifs is 3. The lowest BCUT2D eigenvalue weighted by Crippen LogP contribution is -2.44. The Hall–Kier alpha value is -2.61. The smallest absolute Gasteiger partial charge is 0.263 e.